The summed E-state index contributed by atoms with van der Waals surface area (Å²) in [6, 6.07) is 0.546. The maximum absolute atomic E-state index is 4.57. The van der Waals surface area contributed by atoms with Gasteiger partial charge < -0.3 is 10.2 Å². The standard InChI is InChI=1S/C10H18N4S/c1-7(2)9-12-10(15-13-9)14-5-4-11-8(3)6-14/h7-8,11H,4-6H2,1-3H3/t8-/m0/s1. The van der Waals surface area contributed by atoms with E-state index in [1.807, 2.05) is 0 Å². The maximum Gasteiger partial charge on any atom is 0.205 e. The number of nitrogens with zero attached hydrogens (tertiary/aromatic N) is 3. The zero-order chi connectivity index (χ0) is 10.8. The summed E-state index contributed by atoms with van der Waals surface area (Å²) < 4.78 is 4.38. The van der Waals surface area contributed by atoms with Gasteiger partial charge in [0.2, 0.25) is 5.13 Å². The van der Waals surface area contributed by atoms with Crippen molar-refractivity contribution in [1.29, 1.82) is 0 Å². The van der Waals surface area contributed by atoms with E-state index >= 15 is 0 Å². The molecule has 0 aromatic carbocycles. The number of anilines is 1. The number of piperazine rings is 1. The third kappa shape index (κ3) is 2.46. The van der Waals surface area contributed by atoms with Crippen LogP contribution < -0.4 is 10.2 Å². The number of hydrogen-bond donors (Lipinski definition) is 1. The second-order valence-corrected chi connectivity index (χ2v) is 5.12. The van der Waals surface area contributed by atoms with Crippen LogP contribution in [0.4, 0.5) is 5.13 Å². The Kier molecular flexibility index (Phi) is 3.21. The minimum Gasteiger partial charge on any atom is -0.344 e. The fourth-order valence-corrected chi connectivity index (χ4v) is 2.54. The summed E-state index contributed by atoms with van der Waals surface area (Å²) in [5, 5.41) is 4.50. The SMILES string of the molecule is CC(C)c1nsc(N2CCN[C@@H](C)C2)n1. The lowest BCUT2D eigenvalue weighted by Gasteiger charge is -2.31. The van der Waals surface area contributed by atoms with Crippen LogP contribution in [0.15, 0.2) is 0 Å². The van der Waals surface area contributed by atoms with Crippen molar-refractivity contribution in [3.63, 3.8) is 0 Å². The van der Waals surface area contributed by atoms with E-state index in [0.29, 0.717) is 12.0 Å². The Bertz CT molecular complexity index is 323. The average Bonchev–Trinajstić information content (AvgIpc) is 2.66. The second-order valence-electron chi connectivity index (χ2n) is 4.39. The van der Waals surface area contributed by atoms with Gasteiger partial charge in [0.25, 0.3) is 0 Å². The van der Waals surface area contributed by atoms with Crippen molar-refractivity contribution >= 4 is 16.7 Å². The third-order valence-corrected chi connectivity index (χ3v) is 3.38. The molecule has 0 radical (unpaired) electrons. The van der Waals surface area contributed by atoms with Crippen molar-refractivity contribution in [2.75, 3.05) is 24.5 Å². The average molecular weight is 226 g/mol. The van der Waals surface area contributed by atoms with Crippen LogP contribution in [0.25, 0.3) is 0 Å². The number of hydrogen-bond acceptors (Lipinski definition) is 5. The van der Waals surface area contributed by atoms with Gasteiger partial charge in [0.15, 0.2) is 0 Å². The molecule has 0 saturated carbocycles. The van der Waals surface area contributed by atoms with Crippen LogP contribution in [-0.2, 0) is 0 Å². The highest BCUT2D eigenvalue weighted by molar-refractivity contribution is 7.09. The molecule has 1 aliphatic rings. The number of nitrogens with one attached hydrogen (secondary N) is 1. The topological polar surface area (TPSA) is 41.1 Å². The quantitative estimate of drug-likeness (QED) is 0.829. The summed E-state index contributed by atoms with van der Waals surface area (Å²) in [6.07, 6.45) is 0. The first-order valence-electron chi connectivity index (χ1n) is 5.48. The minimum atomic E-state index is 0.426. The van der Waals surface area contributed by atoms with Gasteiger partial charge in [-0.2, -0.15) is 4.37 Å². The molecule has 1 saturated heterocycles. The molecule has 5 heteroatoms. The van der Waals surface area contributed by atoms with E-state index in [1.165, 1.54) is 11.5 Å². The van der Waals surface area contributed by atoms with Gasteiger partial charge >= 0.3 is 0 Å². The Morgan fingerprint density at radius 1 is 1.53 bits per heavy atom. The Morgan fingerprint density at radius 2 is 2.33 bits per heavy atom. The van der Waals surface area contributed by atoms with Gasteiger partial charge in [0, 0.05) is 43.1 Å². The lowest BCUT2D eigenvalue weighted by Crippen LogP contribution is -2.49. The molecule has 1 aromatic rings. The molecule has 15 heavy (non-hydrogen) atoms. The highest BCUT2D eigenvalue weighted by atomic mass is 32.1. The first-order valence-corrected chi connectivity index (χ1v) is 6.26. The molecular weight excluding hydrogens is 208 g/mol. The normalized spacial score (nSPS) is 22.4. The third-order valence-electron chi connectivity index (χ3n) is 2.59. The Balaban J connectivity index is 2.08. The molecule has 1 aromatic heterocycles. The monoisotopic (exact) mass is 226 g/mol. The minimum absolute atomic E-state index is 0.426. The molecule has 1 aliphatic heterocycles. The first-order chi connectivity index (χ1) is 7.16. The van der Waals surface area contributed by atoms with Gasteiger partial charge in [-0.25, -0.2) is 4.98 Å². The van der Waals surface area contributed by atoms with Crippen LogP contribution in [0.5, 0.6) is 0 Å². The van der Waals surface area contributed by atoms with Gasteiger partial charge in [-0.15, -0.1) is 0 Å². The van der Waals surface area contributed by atoms with E-state index in [4.69, 9.17) is 0 Å². The first kappa shape index (κ1) is 10.8. The summed E-state index contributed by atoms with van der Waals surface area (Å²) in [5.74, 6) is 1.40. The van der Waals surface area contributed by atoms with E-state index in [0.717, 1.165) is 30.6 Å². The smallest absolute Gasteiger partial charge is 0.205 e. The van der Waals surface area contributed by atoms with Crippen LogP contribution in [0.1, 0.15) is 32.5 Å². The highest BCUT2D eigenvalue weighted by Gasteiger charge is 2.19. The summed E-state index contributed by atoms with van der Waals surface area (Å²) in [7, 11) is 0. The van der Waals surface area contributed by atoms with E-state index in [2.05, 4.69) is 40.3 Å². The lowest BCUT2D eigenvalue weighted by molar-refractivity contribution is 0.484. The molecule has 1 N–H and O–H groups in total. The van der Waals surface area contributed by atoms with Gasteiger partial charge in [-0.3, -0.25) is 0 Å². The fourth-order valence-electron chi connectivity index (χ4n) is 1.70. The van der Waals surface area contributed by atoms with Gasteiger partial charge in [-0.05, 0) is 6.92 Å². The van der Waals surface area contributed by atoms with Crippen LogP contribution in [0.2, 0.25) is 0 Å². The molecule has 4 nitrogen and oxygen atoms in total. The molecule has 84 valence electrons. The van der Waals surface area contributed by atoms with Crippen molar-refractivity contribution < 1.29 is 0 Å². The molecule has 2 heterocycles. The van der Waals surface area contributed by atoms with Crippen molar-refractivity contribution in [2.45, 2.75) is 32.7 Å². The maximum atomic E-state index is 4.57. The molecule has 0 aliphatic carbocycles. The van der Waals surface area contributed by atoms with Crippen LogP contribution in [-0.4, -0.2) is 35.0 Å². The Labute approximate surface area is 94.9 Å². The predicted molar refractivity (Wildman–Crippen MR) is 63.7 cm³/mol. The van der Waals surface area contributed by atoms with Crippen molar-refractivity contribution in [2.24, 2.45) is 0 Å². The molecule has 0 unspecified atom stereocenters. The number of rotatable bonds is 2. The summed E-state index contributed by atoms with van der Waals surface area (Å²) in [5.41, 5.74) is 0. The lowest BCUT2D eigenvalue weighted by atomic mass is 10.2. The molecule has 0 amide bonds. The van der Waals surface area contributed by atoms with Crippen molar-refractivity contribution in [3.8, 4) is 0 Å². The second kappa shape index (κ2) is 4.45. The predicted octanol–water partition coefficient (Wildman–Crippen LogP) is 1.46. The summed E-state index contributed by atoms with van der Waals surface area (Å²) >= 11 is 1.52. The van der Waals surface area contributed by atoms with Crippen LogP contribution in [0.3, 0.4) is 0 Å². The molecular formula is C10H18N4S. The summed E-state index contributed by atoms with van der Waals surface area (Å²) in [6.45, 7) is 9.58. The van der Waals surface area contributed by atoms with E-state index in [-0.39, 0.29) is 0 Å². The zero-order valence-electron chi connectivity index (χ0n) is 9.53. The van der Waals surface area contributed by atoms with Gasteiger partial charge in [0.05, 0.1) is 0 Å². The molecule has 0 bridgehead atoms. The molecule has 1 fully saturated rings. The van der Waals surface area contributed by atoms with E-state index in [9.17, 15) is 0 Å². The highest BCUT2D eigenvalue weighted by Crippen LogP contribution is 2.22. The van der Waals surface area contributed by atoms with Gasteiger partial charge in [-0.1, -0.05) is 13.8 Å². The Hall–Kier alpha value is -0.680. The van der Waals surface area contributed by atoms with Crippen molar-refractivity contribution in [3.05, 3.63) is 5.82 Å². The Morgan fingerprint density at radius 3 is 2.93 bits per heavy atom. The summed E-state index contributed by atoms with van der Waals surface area (Å²) in [4.78, 5) is 6.90. The van der Waals surface area contributed by atoms with E-state index < -0.39 is 0 Å². The molecule has 1 atom stereocenters. The van der Waals surface area contributed by atoms with E-state index in [1.54, 1.807) is 0 Å². The van der Waals surface area contributed by atoms with Crippen molar-refractivity contribution in [1.82, 2.24) is 14.7 Å². The van der Waals surface area contributed by atoms with Crippen LogP contribution in [0, 0.1) is 0 Å². The van der Waals surface area contributed by atoms with Gasteiger partial charge in [0.1, 0.15) is 5.82 Å². The number of aromatic nitrogens is 2. The molecule has 2 rings (SSSR count). The molecule has 0 spiro atoms. The fraction of sp³-hybridized carbons (Fsp3) is 0.800. The zero-order valence-corrected chi connectivity index (χ0v) is 10.3. The van der Waals surface area contributed by atoms with Crippen LogP contribution >= 0.6 is 11.5 Å². The largest absolute Gasteiger partial charge is 0.344 e.